The first kappa shape index (κ1) is 25.1. The molecule has 4 bridgehead atoms. The monoisotopic (exact) mass is 504 g/mol. The molecule has 1 aromatic carbocycles. The lowest BCUT2D eigenvalue weighted by molar-refractivity contribution is -0.385. The summed E-state index contributed by atoms with van der Waals surface area (Å²) in [5, 5.41) is 11.0. The van der Waals surface area contributed by atoms with Crippen LogP contribution in [0.4, 0.5) is 10.1 Å². The summed E-state index contributed by atoms with van der Waals surface area (Å²) in [6.45, 7) is 5.98. The molecule has 196 valence electrons. The minimum Gasteiger partial charge on any atom is -0.458 e. The van der Waals surface area contributed by atoms with Crippen molar-refractivity contribution in [3.05, 3.63) is 39.7 Å². The smallest absolute Gasteiger partial charge is 0.320 e. The van der Waals surface area contributed by atoms with Crippen molar-refractivity contribution in [1.82, 2.24) is 4.90 Å². The third-order valence-electron chi connectivity index (χ3n) is 8.39. The fourth-order valence-electron chi connectivity index (χ4n) is 7.25. The van der Waals surface area contributed by atoms with Crippen LogP contribution in [0.2, 0.25) is 0 Å². The largest absolute Gasteiger partial charge is 0.458 e. The van der Waals surface area contributed by atoms with Crippen LogP contribution in [0.1, 0.15) is 57.9 Å². The quantitative estimate of drug-likeness (QED) is 0.314. The van der Waals surface area contributed by atoms with Crippen molar-refractivity contribution in [2.45, 2.75) is 63.6 Å². The maximum Gasteiger partial charge on any atom is 0.320 e. The molecule has 5 aliphatic rings. The van der Waals surface area contributed by atoms with E-state index < -0.39 is 33.3 Å². The van der Waals surface area contributed by atoms with Crippen molar-refractivity contribution in [2.24, 2.45) is 17.3 Å². The van der Waals surface area contributed by atoms with E-state index in [1.807, 2.05) is 4.90 Å². The molecule has 6 rings (SSSR count). The van der Waals surface area contributed by atoms with E-state index in [4.69, 9.17) is 14.2 Å². The Kier molecular flexibility index (Phi) is 6.31. The standard InChI is InChI=1S/C26H33FN2O7/c1-24(2,20-4-3-19(29(32)33)10-21(20)27)36-23(31)25-11-17-9-18(12-25)14-26(13-17,16-25)35-22(30)15-28-5-7-34-8-6-28/h3-4,10,17-18H,5-9,11-16H2,1-2H3. The maximum absolute atomic E-state index is 14.8. The van der Waals surface area contributed by atoms with Crippen molar-refractivity contribution in [2.75, 3.05) is 32.8 Å². The molecule has 0 N–H and O–H groups in total. The Morgan fingerprint density at radius 2 is 1.86 bits per heavy atom. The van der Waals surface area contributed by atoms with Crippen LogP contribution in [-0.4, -0.2) is 60.2 Å². The number of ether oxygens (including phenoxy) is 3. The van der Waals surface area contributed by atoms with Crippen LogP contribution in [0, 0.1) is 33.2 Å². The van der Waals surface area contributed by atoms with Crippen molar-refractivity contribution in [3.8, 4) is 0 Å². The minimum atomic E-state index is -1.32. The number of carbonyl (C=O) groups is 2. The summed E-state index contributed by atoms with van der Waals surface area (Å²) in [5.41, 5.74) is -3.05. The van der Waals surface area contributed by atoms with E-state index in [1.54, 1.807) is 13.8 Å². The van der Waals surface area contributed by atoms with Gasteiger partial charge in [-0.05, 0) is 63.9 Å². The number of carbonyl (C=O) groups excluding carboxylic acids is 2. The number of nitro benzene ring substituents is 1. The van der Waals surface area contributed by atoms with Crippen LogP contribution in [0.25, 0.3) is 0 Å². The van der Waals surface area contributed by atoms with Gasteiger partial charge in [0.05, 0.1) is 36.2 Å². The van der Waals surface area contributed by atoms with Crippen LogP contribution in [-0.2, 0) is 29.4 Å². The second-order valence-electron chi connectivity index (χ2n) is 11.6. The first-order valence-corrected chi connectivity index (χ1v) is 12.7. The van der Waals surface area contributed by atoms with E-state index in [0.29, 0.717) is 45.6 Å². The molecule has 1 aromatic rings. The molecule has 0 spiro atoms. The number of hydrogen-bond donors (Lipinski definition) is 0. The van der Waals surface area contributed by atoms with Crippen LogP contribution >= 0.6 is 0 Å². The van der Waals surface area contributed by atoms with E-state index in [9.17, 15) is 24.1 Å². The highest BCUT2D eigenvalue weighted by Gasteiger charge is 2.63. The molecule has 10 heteroatoms. The van der Waals surface area contributed by atoms with Crippen molar-refractivity contribution in [3.63, 3.8) is 0 Å². The van der Waals surface area contributed by atoms with Gasteiger partial charge in [-0.25, -0.2) is 4.39 Å². The Balaban J connectivity index is 1.31. The lowest BCUT2D eigenvalue weighted by Gasteiger charge is -2.60. The molecule has 1 aliphatic heterocycles. The van der Waals surface area contributed by atoms with E-state index in [1.165, 1.54) is 12.1 Å². The third kappa shape index (κ3) is 4.72. The van der Waals surface area contributed by atoms with Gasteiger partial charge in [-0.1, -0.05) is 0 Å². The van der Waals surface area contributed by atoms with Gasteiger partial charge in [-0.3, -0.25) is 24.6 Å². The second-order valence-corrected chi connectivity index (χ2v) is 11.6. The van der Waals surface area contributed by atoms with Gasteiger partial charge in [-0.2, -0.15) is 0 Å². The van der Waals surface area contributed by atoms with Crippen LogP contribution in [0.5, 0.6) is 0 Å². The lowest BCUT2D eigenvalue weighted by atomic mass is 9.48. The highest BCUT2D eigenvalue weighted by molar-refractivity contribution is 5.79. The first-order valence-electron chi connectivity index (χ1n) is 12.7. The van der Waals surface area contributed by atoms with Crippen molar-refractivity contribution < 1.29 is 33.1 Å². The van der Waals surface area contributed by atoms with E-state index in [-0.39, 0.29) is 35.6 Å². The summed E-state index contributed by atoms with van der Waals surface area (Å²) in [4.78, 5) is 38.9. The SMILES string of the molecule is CC(C)(OC(=O)C12CC3CC(CC(OC(=O)CN4CCOCC4)(C3)C1)C2)c1ccc([N+](=O)[O-])cc1F. The fourth-order valence-corrected chi connectivity index (χ4v) is 7.25. The number of non-ortho nitro benzene ring substituents is 1. The Morgan fingerprint density at radius 3 is 2.47 bits per heavy atom. The molecule has 5 fully saturated rings. The van der Waals surface area contributed by atoms with Crippen LogP contribution in [0.3, 0.4) is 0 Å². The van der Waals surface area contributed by atoms with E-state index >= 15 is 0 Å². The number of hydrogen-bond acceptors (Lipinski definition) is 8. The molecule has 0 amide bonds. The van der Waals surface area contributed by atoms with Gasteiger partial charge in [0.15, 0.2) is 0 Å². The summed E-state index contributed by atoms with van der Waals surface area (Å²) in [5.74, 6) is -0.923. The van der Waals surface area contributed by atoms with Gasteiger partial charge in [-0.15, -0.1) is 0 Å². The van der Waals surface area contributed by atoms with Gasteiger partial charge >= 0.3 is 11.9 Å². The van der Waals surface area contributed by atoms with Gasteiger partial charge in [0.1, 0.15) is 17.0 Å². The predicted molar refractivity (Wildman–Crippen MR) is 125 cm³/mol. The Bertz CT molecular complexity index is 1050. The summed E-state index contributed by atoms with van der Waals surface area (Å²) in [7, 11) is 0. The Labute approximate surface area is 209 Å². The maximum atomic E-state index is 14.8. The molecular formula is C26H33FN2O7. The fraction of sp³-hybridized carbons (Fsp3) is 0.692. The number of rotatable bonds is 7. The number of esters is 2. The molecule has 4 aliphatic carbocycles. The molecule has 2 atom stereocenters. The highest BCUT2D eigenvalue weighted by Crippen LogP contribution is 2.63. The average molecular weight is 505 g/mol. The zero-order chi connectivity index (χ0) is 25.7. The van der Waals surface area contributed by atoms with Gasteiger partial charge in [0.25, 0.3) is 5.69 Å². The minimum absolute atomic E-state index is 0.0813. The van der Waals surface area contributed by atoms with E-state index in [2.05, 4.69) is 0 Å². The number of benzene rings is 1. The van der Waals surface area contributed by atoms with Crippen LogP contribution < -0.4 is 0 Å². The lowest BCUT2D eigenvalue weighted by Crippen LogP contribution is -2.60. The summed E-state index contributed by atoms with van der Waals surface area (Å²) < 4.78 is 32.2. The van der Waals surface area contributed by atoms with Crippen molar-refractivity contribution in [1.29, 1.82) is 0 Å². The Hall–Kier alpha value is -2.59. The first-order chi connectivity index (χ1) is 17.0. The molecule has 1 heterocycles. The van der Waals surface area contributed by atoms with Gasteiger partial charge in [0, 0.05) is 31.1 Å². The summed E-state index contributed by atoms with van der Waals surface area (Å²) in [6, 6.07) is 3.36. The number of nitrogens with zero attached hydrogens (tertiary/aromatic N) is 2. The number of halogens is 1. The molecule has 0 aromatic heterocycles. The average Bonchev–Trinajstić information content (AvgIpc) is 2.77. The van der Waals surface area contributed by atoms with E-state index in [0.717, 1.165) is 25.3 Å². The molecule has 4 saturated carbocycles. The second kappa shape index (κ2) is 9.06. The topological polar surface area (TPSA) is 108 Å². The molecule has 9 nitrogen and oxygen atoms in total. The Morgan fingerprint density at radius 1 is 1.19 bits per heavy atom. The molecule has 2 unspecified atom stereocenters. The summed E-state index contributed by atoms with van der Waals surface area (Å²) in [6.07, 6.45) is 4.28. The predicted octanol–water partition coefficient (Wildman–Crippen LogP) is 3.73. The molecule has 36 heavy (non-hydrogen) atoms. The number of nitro groups is 1. The van der Waals surface area contributed by atoms with Gasteiger partial charge < -0.3 is 14.2 Å². The zero-order valence-electron chi connectivity index (χ0n) is 20.8. The molecule has 0 radical (unpaired) electrons. The highest BCUT2D eigenvalue weighted by atomic mass is 19.1. The third-order valence-corrected chi connectivity index (χ3v) is 8.39. The van der Waals surface area contributed by atoms with Crippen molar-refractivity contribution >= 4 is 17.6 Å². The summed E-state index contributed by atoms with van der Waals surface area (Å²) >= 11 is 0. The zero-order valence-corrected chi connectivity index (χ0v) is 20.8. The van der Waals surface area contributed by atoms with Gasteiger partial charge in [0.2, 0.25) is 0 Å². The number of morpholine rings is 1. The van der Waals surface area contributed by atoms with Crippen LogP contribution in [0.15, 0.2) is 18.2 Å². The normalized spacial score (nSPS) is 31.8. The molecular weight excluding hydrogens is 471 g/mol. The molecule has 1 saturated heterocycles.